The van der Waals surface area contributed by atoms with Gasteiger partial charge in [-0.25, -0.2) is 4.21 Å². The topological polar surface area (TPSA) is 86.8 Å². The predicted molar refractivity (Wildman–Crippen MR) is 142 cm³/mol. The Bertz CT molecular complexity index is 1410. The lowest BCUT2D eigenvalue weighted by Crippen LogP contribution is -2.32. The van der Waals surface area contributed by atoms with Gasteiger partial charge in [0.2, 0.25) is 5.91 Å². The summed E-state index contributed by atoms with van der Waals surface area (Å²) in [5.41, 5.74) is 1.96. The van der Waals surface area contributed by atoms with E-state index < -0.39 is 10.8 Å². The van der Waals surface area contributed by atoms with Crippen LogP contribution in [0.4, 0.5) is 5.69 Å². The Labute approximate surface area is 222 Å². The van der Waals surface area contributed by atoms with Gasteiger partial charge in [0, 0.05) is 36.6 Å². The maximum atomic E-state index is 13.7. The molecule has 9 heteroatoms. The van der Waals surface area contributed by atoms with Gasteiger partial charge in [0.1, 0.15) is 0 Å². The Hall–Kier alpha value is -3.49. The molecule has 5 rings (SSSR count). The quantitative estimate of drug-likeness (QED) is 0.454. The highest BCUT2D eigenvalue weighted by Gasteiger charge is 2.31. The van der Waals surface area contributed by atoms with Gasteiger partial charge in [0.05, 0.1) is 38.4 Å². The van der Waals surface area contributed by atoms with E-state index in [1.165, 1.54) is 0 Å². The molecule has 1 atom stereocenters. The number of rotatable bonds is 7. The normalized spacial score (nSPS) is 16.8. The van der Waals surface area contributed by atoms with Crippen LogP contribution in [0.1, 0.15) is 45.5 Å². The fourth-order valence-electron chi connectivity index (χ4n) is 4.69. The van der Waals surface area contributed by atoms with Crippen LogP contribution in [0.5, 0.6) is 0 Å². The number of hydrogen-bond donors (Lipinski definition) is 1. The molecule has 0 aromatic heterocycles. The summed E-state index contributed by atoms with van der Waals surface area (Å²) in [6.07, 6.45) is 2.13. The van der Waals surface area contributed by atoms with Gasteiger partial charge in [-0.2, -0.15) is 0 Å². The van der Waals surface area contributed by atoms with E-state index in [9.17, 15) is 18.6 Å². The van der Waals surface area contributed by atoms with Gasteiger partial charge in [-0.15, -0.1) is 0 Å². The van der Waals surface area contributed by atoms with Crippen LogP contribution in [0.3, 0.4) is 0 Å². The summed E-state index contributed by atoms with van der Waals surface area (Å²) >= 11 is 6.19. The summed E-state index contributed by atoms with van der Waals surface area (Å²) in [4.78, 5) is 42.7. The summed E-state index contributed by atoms with van der Waals surface area (Å²) in [5, 5.41) is 3.45. The second-order valence-corrected chi connectivity index (χ2v) is 10.9. The Morgan fingerprint density at radius 1 is 1.00 bits per heavy atom. The molecule has 2 aliphatic rings. The van der Waals surface area contributed by atoms with Crippen molar-refractivity contribution in [2.24, 2.45) is 0 Å². The van der Waals surface area contributed by atoms with Crippen LogP contribution in [0.25, 0.3) is 0 Å². The number of fused-ring (bicyclic) bond motifs is 2. The number of likely N-dealkylation sites (tertiary alicyclic amines) is 1. The lowest BCUT2D eigenvalue weighted by molar-refractivity contribution is -0.127. The zero-order chi connectivity index (χ0) is 25.9. The standard InChI is InChI=1S/C28H26ClN3O4S/c29-21-7-3-6-19(16-21)18-32-23-17-20(27(34)30-13-5-15-31-14-4-10-26(31)33)11-12-25(23)37(36)24-9-2-1-8-22(24)28(32)35/h1-3,6-9,11-12,16-17H,4-5,10,13-15,18H2,(H,30,34)/t37-/m1/s1. The highest BCUT2D eigenvalue weighted by atomic mass is 35.5. The Morgan fingerprint density at radius 2 is 1.84 bits per heavy atom. The maximum absolute atomic E-state index is 13.7. The molecular weight excluding hydrogens is 510 g/mol. The van der Waals surface area contributed by atoms with Crippen LogP contribution in [0.2, 0.25) is 5.02 Å². The fourth-order valence-corrected chi connectivity index (χ4v) is 6.25. The third-order valence-electron chi connectivity index (χ3n) is 6.57. The second-order valence-electron chi connectivity index (χ2n) is 9.06. The van der Waals surface area contributed by atoms with Crippen molar-refractivity contribution in [1.82, 2.24) is 10.2 Å². The minimum absolute atomic E-state index is 0.163. The van der Waals surface area contributed by atoms with Crippen molar-refractivity contribution in [2.75, 3.05) is 24.5 Å². The molecule has 0 bridgehead atoms. The van der Waals surface area contributed by atoms with Gasteiger partial charge in [-0.1, -0.05) is 35.9 Å². The lowest BCUT2D eigenvalue weighted by Gasteiger charge is -2.24. The molecule has 3 aromatic carbocycles. The summed E-state index contributed by atoms with van der Waals surface area (Å²) in [7, 11) is -1.60. The predicted octanol–water partition coefficient (Wildman–Crippen LogP) is 4.41. The minimum atomic E-state index is -1.60. The number of hydrogen-bond acceptors (Lipinski definition) is 4. The highest BCUT2D eigenvalue weighted by Crippen LogP contribution is 2.36. The zero-order valence-corrected chi connectivity index (χ0v) is 21.7. The monoisotopic (exact) mass is 535 g/mol. The summed E-state index contributed by atoms with van der Waals surface area (Å²) in [6, 6.07) is 19.0. The van der Waals surface area contributed by atoms with Crippen LogP contribution < -0.4 is 10.2 Å². The van der Waals surface area contributed by atoms with Crippen LogP contribution in [-0.4, -0.2) is 46.5 Å². The molecule has 0 aliphatic carbocycles. The first kappa shape index (κ1) is 25.2. The Kier molecular flexibility index (Phi) is 7.39. The number of benzene rings is 3. The first-order chi connectivity index (χ1) is 17.9. The van der Waals surface area contributed by atoms with Crippen LogP contribution >= 0.6 is 11.6 Å². The van der Waals surface area contributed by atoms with Gasteiger partial charge in [-0.3, -0.25) is 14.4 Å². The number of amides is 3. The SMILES string of the molecule is O=C(NCCCN1CCCC1=O)c1ccc2c(c1)N(Cc1cccc(Cl)c1)C(=O)c1ccccc1[S@]2=O. The van der Waals surface area contributed by atoms with Crippen molar-refractivity contribution in [3.8, 4) is 0 Å². The number of anilines is 1. The summed E-state index contributed by atoms with van der Waals surface area (Å²) in [5.74, 6) is -0.427. The van der Waals surface area contributed by atoms with E-state index in [1.54, 1.807) is 59.5 Å². The molecule has 0 unspecified atom stereocenters. The van der Waals surface area contributed by atoms with E-state index in [2.05, 4.69) is 5.32 Å². The average molecular weight is 536 g/mol. The van der Waals surface area contributed by atoms with Crippen LogP contribution in [-0.2, 0) is 22.1 Å². The molecule has 0 spiro atoms. The van der Waals surface area contributed by atoms with E-state index in [0.717, 1.165) is 18.5 Å². The first-order valence-corrected chi connectivity index (χ1v) is 13.7. The van der Waals surface area contributed by atoms with Crippen molar-refractivity contribution in [3.63, 3.8) is 0 Å². The van der Waals surface area contributed by atoms with E-state index in [-0.39, 0.29) is 24.3 Å². The molecule has 0 radical (unpaired) electrons. The van der Waals surface area contributed by atoms with Crippen molar-refractivity contribution in [2.45, 2.75) is 35.6 Å². The molecule has 190 valence electrons. The largest absolute Gasteiger partial charge is 0.352 e. The fraction of sp³-hybridized carbons (Fsp3) is 0.250. The van der Waals surface area contributed by atoms with Gasteiger partial charge in [0.25, 0.3) is 11.8 Å². The first-order valence-electron chi connectivity index (χ1n) is 12.2. The zero-order valence-electron chi connectivity index (χ0n) is 20.1. The number of carbonyl (C=O) groups is 3. The second kappa shape index (κ2) is 10.9. The smallest absolute Gasteiger partial charge is 0.259 e. The number of carbonyl (C=O) groups excluding carboxylic acids is 3. The number of nitrogens with zero attached hydrogens (tertiary/aromatic N) is 2. The van der Waals surface area contributed by atoms with E-state index >= 15 is 0 Å². The Morgan fingerprint density at radius 3 is 2.62 bits per heavy atom. The van der Waals surface area contributed by atoms with Gasteiger partial charge >= 0.3 is 0 Å². The molecule has 1 N–H and O–H groups in total. The molecule has 7 nitrogen and oxygen atoms in total. The molecule has 2 heterocycles. The van der Waals surface area contributed by atoms with Crippen molar-refractivity contribution in [3.05, 3.63) is 88.4 Å². The molecule has 3 amide bonds. The van der Waals surface area contributed by atoms with Crippen LogP contribution in [0.15, 0.2) is 76.5 Å². The highest BCUT2D eigenvalue weighted by molar-refractivity contribution is 7.85. The minimum Gasteiger partial charge on any atom is -0.352 e. The van der Waals surface area contributed by atoms with Crippen molar-refractivity contribution in [1.29, 1.82) is 0 Å². The third kappa shape index (κ3) is 5.31. The lowest BCUT2D eigenvalue weighted by atomic mass is 10.1. The van der Waals surface area contributed by atoms with Gasteiger partial charge in [-0.05, 0) is 60.9 Å². The summed E-state index contributed by atoms with van der Waals surface area (Å²) in [6.45, 7) is 2.01. The van der Waals surface area contributed by atoms with Gasteiger partial charge in [0.15, 0.2) is 0 Å². The van der Waals surface area contributed by atoms with E-state index in [4.69, 9.17) is 11.6 Å². The summed E-state index contributed by atoms with van der Waals surface area (Å²) < 4.78 is 13.5. The Balaban J connectivity index is 1.42. The third-order valence-corrected chi connectivity index (χ3v) is 8.30. The van der Waals surface area contributed by atoms with Crippen LogP contribution in [0, 0.1) is 0 Å². The van der Waals surface area contributed by atoms with E-state index in [0.29, 0.717) is 57.6 Å². The van der Waals surface area contributed by atoms with E-state index in [1.807, 2.05) is 17.0 Å². The number of nitrogens with one attached hydrogen (secondary N) is 1. The molecular formula is C28H26ClN3O4S. The maximum Gasteiger partial charge on any atom is 0.259 e. The molecule has 37 heavy (non-hydrogen) atoms. The average Bonchev–Trinajstić information content (AvgIpc) is 3.29. The molecule has 2 aliphatic heterocycles. The number of halogens is 1. The molecule has 1 saturated heterocycles. The molecule has 0 saturated carbocycles. The van der Waals surface area contributed by atoms with Crippen molar-refractivity contribution < 1.29 is 18.6 Å². The van der Waals surface area contributed by atoms with Crippen molar-refractivity contribution >= 4 is 45.8 Å². The molecule has 1 fully saturated rings. The van der Waals surface area contributed by atoms with Gasteiger partial charge < -0.3 is 15.1 Å². The molecule has 3 aromatic rings.